The van der Waals surface area contributed by atoms with Gasteiger partial charge in [-0.05, 0) is 25.0 Å². The Balaban J connectivity index is 2.01. The summed E-state index contributed by atoms with van der Waals surface area (Å²) in [5.74, 6) is 0. The summed E-state index contributed by atoms with van der Waals surface area (Å²) < 4.78 is 0. The molecule has 0 N–H and O–H groups in total. The van der Waals surface area contributed by atoms with E-state index >= 15 is 0 Å². The van der Waals surface area contributed by atoms with E-state index in [2.05, 4.69) is 55.7 Å². The number of rotatable bonds is 3. The zero-order valence-corrected chi connectivity index (χ0v) is 12.4. The van der Waals surface area contributed by atoms with Crippen LogP contribution in [0.1, 0.15) is 25.7 Å². The van der Waals surface area contributed by atoms with Gasteiger partial charge < -0.3 is 0 Å². The second-order valence-corrected chi connectivity index (χ2v) is 12.2. The molecule has 1 aliphatic carbocycles. The van der Waals surface area contributed by atoms with Crippen LogP contribution >= 0.6 is 11.8 Å². The van der Waals surface area contributed by atoms with E-state index in [0.29, 0.717) is 0 Å². The first-order valence-corrected chi connectivity index (χ1v) is 10.7. The Labute approximate surface area is 105 Å². The summed E-state index contributed by atoms with van der Waals surface area (Å²) in [4.78, 5) is 1.47. The van der Waals surface area contributed by atoms with Gasteiger partial charge in [0.2, 0.25) is 0 Å². The van der Waals surface area contributed by atoms with Crippen LogP contribution in [0, 0.1) is 0 Å². The molecule has 1 aromatic carbocycles. The number of hydrogen-bond donors (Lipinski definition) is 0. The molecule has 0 amide bonds. The molecule has 1 fully saturated rings. The largest absolute Gasteiger partial charge is 0.123 e. The summed E-state index contributed by atoms with van der Waals surface area (Å²) in [6.45, 7) is 7.23. The summed E-state index contributed by atoms with van der Waals surface area (Å²) >= 11 is 2.09. The van der Waals surface area contributed by atoms with Gasteiger partial charge in [0.25, 0.3) is 0 Å². The zero-order chi connectivity index (χ0) is 11.6. The van der Waals surface area contributed by atoms with Crippen LogP contribution in [0.5, 0.6) is 0 Å². The molecule has 2 heteroatoms. The van der Waals surface area contributed by atoms with Crippen LogP contribution < -0.4 is 5.19 Å². The minimum Gasteiger partial charge on any atom is -0.123 e. The van der Waals surface area contributed by atoms with Gasteiger partial charge in [-0.2, -0.15) is 0 Å². The molecule has 16 heavy (non-hydrogen) atoms. The maximum atomic E-state index is 2.41. The van der Waals surface area contributed by atoms with Crippen molar-refractivity contribution in [2.24, 2.45) is 0 Å². The van der Waals surface area contributed by atoms with Gasteiger partial charge in [0.05, 0.1) is 8.07 Å². The maximum absolute atomic E-state index is 2.41. The standard InChI is InChI=1S/C14H22SSi/c1-16(2,3)14-10-8-13(9-11-14)15-12-6-4-5-7-12/h8-12H,4-7H2,1-3H3. The van der Waals surface area contributed by atoms with Gasteiger partial charge in [0.15, 0.2) is 0 Å². The summed E-state index contributed by atoms with van der Waals surface area (Å²) in [6, 6.07) is 9.36. The van der Waals surface area contributed by atoms with Crippen LogP contribution in [0.3, 0.4) is 0 Å². The van der Waals surface area contributed by atoms with Crippen LogP contribution in [-0.4, -0.2) is 13.3 Å². The molecule has 1 aliphatic rings. The lowest BCUT2D eigenvalue weighted by molar-refractivity contribution is 0.886. The van der Waals surface area contributed by atoms with Crippen LogP contribution in [0.4, 0.5) is 0 Å². The molecule has 0 radical (unpaired) electrons. The molecule has 0 aromatic heterocycles. The van der Waals surface area contributed by atoms with Crippen molar-refractivity contribution in [1.29, 1.82) is 0 Å². The fourth-order valence-corrected chi connectivity index (χ4v) is 4.65. The van der Waals surface area contributed by atoms with E-state index in [9.17, 15) is 0 Å². The topological polar surface area (TPSA) is 0 Å². The van der Waals surface area contributed by atoms with E-state index in [1.807, 2.05) is 0 Å². The molecule has 0 heterocycles. The molecule has 88 valence electrons. The van der Waals surface area contributed by atoms with Crippen LogP contribution in [0.25, 0.3) is 0 Å². The molecule has 0 saturated heterocycles. The Kier molecular flexibility index (Phi) is 3.80. The van der Waals surface area contributed by atoms with E-state index in [4.69, 9.17) is 0 Å². The average molecular weight is 250 g/mol. The Morgan fingerprint density at radius 1 is 1.00 bits per heavy atom. The highest BCUT2D eigenvalue weighted by Crippen LogP contribution is 2.34. The number of thioether (sulfide) groups is 1. The predicted molar refractivity (Wildman–Crippen MR) is 77.5 cm³/mol. The molecule has 0 aliphatic heterocycles. The van der Waals surface area contributed by atoms with Crippen molar-refractivity contribution in [2.75, 3.05) is 0 Å². The number of benzene rings is 1. The summed E-state index contributed by atoms with van der Waals surface area (Å²) in [5, 5.41) is 2.46. The second kappa shape index (κ2) is 4.97. The van der Waals surface area contributed by atoms with Crippen molar-refractivity contribution in [2.45, 2.75) is 55.5 Å². The van der Waals surface area contributed by atoms with E-state index in [-0.39, 0.29) is 0 Å². The van der Waals surface area contributed by atoms with Gasteiger partial charge in [-0.3, -0.25) is 0 Å². The molecule has 0 atom stereocenters. The first-order valence-electron chi connectivity index (χ1n) is 6.33. The Bertz CT molecular complexity index is 331. The first kappa shape index (κ1) is 12.2. The fourth-order valence-electron chi connectivity index (χ4n) is 2.23. The second-order valence-electron chi connectivity index (χ2n) is 5.80. The molecule has 1 saturated carbocycles. The van der Waals surface area contributed by atoms with Gasteiger partial charge >= 0.3 is 0 Å². The zero-order valence-electron chi connectivity index (χ0n) is 10.6. The van der Waals surface area contributed by atoms with Gasteiger partial charge in [0, 0.05) is 10.1 Å². The minimum absolute atomic E-state index is 0.887. The van der Waals surface area contributed by atoms with Gasteiger partial charge in [-0.15, -0.1) is 11.8 Å². The molecule has 0 unspecified atom stereocenters. The molecular formula is C14H22SSi. The average Bonchev–Trinajstić information content (AvgIpc) is 2.70. The molecule has 2 rings (SSSR count). The smallest absolute Gasteiger partial charge is 0.0775 e. The summed E-state index contributed by atoms with van der Waals surface area (Å²) in [7, 11) is -1.11. The highest BCUT2D eigenvalue weighted by atomic mass is 32.2. The predicted octanol–water partition coefficient (Wildman–Crippen LogP) is 4.27. The van der Waals surface area contributed by atoms with E-state index in [1.54, 1.807) is 5.19 Å². The van der Waals surface area contributed by atoms with Crippen molar-refractivity contribution in [3.8, 4) is 0 Å². The third-order valence-corrected chi connectivity index (χ3v) is 6.74. The third-order valence-electron chi connectivity index (χ3n) is 3.33. The van der Waals surface area contributed by atoms with Crippen LogP contribution in [0.2, 0.25) is 19.6 Å². The van der Waals surface area contributed by atoms with Crippen molar-refractivity contribution in [3.63, 3.8) is 0 Å². The van der Waals surface area contributed by atoms with Crippen LogP contribution in [-0.2, 0) is 0 Å². The molecule has 0 bridgehead atoms. The molecule has 0 spiro atoms. The van der Waals surface area contributed by atoms with Gasteiger partial charge in [0.1, 0.15) is 0 Å². The summed E-state index contributed by atoms with van der Waals surface area (Å²) in [6.07, 6.45) is 5.70. The molecular weight excluding hydrogens is 228 g/mol. The summed E-state index contributed by atoms with van der Waals surface area (Å²) in [5.41, 5.74) is 0. The minimum atomic E-state index is -1.11. The quantitative estimate of drug-likeness (QED) is 0.722. The Morgan fingerprint density at radius 3 is 2.06 bits per heavy atom. The van der Waals surface area contributed by atoms with Gasteiger partial charge in [-0.25, -0.2) is 0 Å². The molecule has 0 nitrogen and oxygen atoms in total. The van der Waals surface area contributed by atoms with Crippen molar-refractivity contribution in [3.05, 3.63) is 24.3 Å². The monoisotopic (exact) mass is 250 g/mol. The lowest BCUT2D eigenvalue weighted by Crippen LogP contribution is -2.37. The third kappa shape index (κ3) is 3.14. The van der Waals surface area contributed by atoms with E-state index in [1.165, 1.54) is 30.6 Å². The molecule has 1 aromatic rings. The normalized spacial score (nSPS) is 17.9. The van der Waals surface area contributed by atoms with E-state index in [0.717, 1.165) is 5.25 Å². The fraction of sp³-hybridized carbons (Fsp3) is 0.571. The first-order chi connectivity index (χ1) is 7.55. The SMILES string of the molecule is C[Si](C)(C)c1ccc(SC2CCCC2)cc1. The van der Waals surface area contributed by atoms with Crippen molar-refractivity contribution >= 4 is 25.0 Å². The Hall–Kier alpha value is -0.213. The lowest BCUT2D eigenvalue weighted by Gasteiger charge is -2.17. The lowest BCUT2D eigenvalue weighted by atomic mass is 10.4. The maximum Gasteiger partial charge on any atom is 0.0775 e. The number of hydrogen-bond acceptors (Lipinski definition) is 1. The van der Waals surface area contributed by atoms with Crippen molar-refractivity contribution in [1.82, 2.24) is 0 Å². The van der Waals surface area contributed by atoms with Gasteiger partial charge in [-0.1, -0.05) is 49.8 Å². The van der Waals surface area contributed by atoms with E-state index < -0.39 is 8.07 Å². The van der Waals surface area contributed by atoms with Crippen LogP contribution in [0.15, 0.2) is 29.2 Å². The van der Waals surface area contributed by atoms with Crippen molar-refractivity contribution < 1.29 is 0 Å². The highest BCUT2D eigenvalue weighted by Gasteiger charge is 2.18. The Morgan fingerprint density at radius 2 is 1.56 bits per heavy atom. The highest BCUT2D eigenvalue weighted by molar-refractivity contribution is 8.00.